The molecule has 1 N–H and O–H groups in total. The first-order chi connectivity index (χ1) is 13.7. The summed E-state index contributed by atoms with van der Waals surface area (Å²) in [6, 6.07) is 17.5. The normalized spacial score (nSPS) is 13.5. The fourth-order valence-corrected chi connectivity index (χ4v) is 3.85. The lowest BCUT2D eigenvalue weighted by atomic mass is 9.97. The molecule has 0 fully saturated rings. The number of carbonyl (C=O) groups is 1. The Balaban J connectivity index is 1.59. The number of aromatic carboxylic acids is 1. The molecule has 0 aliphatic carbocycles. The molecule has 2 aromatic heterocycles. The number of benzene rings is 2. The van der Waals surface area contributed by atoms with E-state index in [1.54, 1.807) is 18.3 Å². The van der Waals surface area contributed by atoms with Gasteiger partial charge in [0.2, 0.25) is 0 Å². The maximum Gasteiger partial charge on any atom is 0.339 e. The van der Waals surface area contributed by atoms with Crippen LogP contribution < -0.4 is 4.90 Å². The van der Waals surface area contributed by atoms with Crippen LogP contribution in [-0.2, 0) is 13.0 Å². The lowest BCUT2D eigenvalue weighted by Crippen LogP contribution is -2.32. The monoisotopic (exact) mass is 371 g/mol. The van der Waals surface area contributed by atoms with Gasteiger partial charge in [-0.2, -0.15) is 0 Å². The minimum absolute atomic E-state index is 0.203. The van der Waals surface area contributed by atoms with Gasteiger partial charge >= 0.3 is 5.97 Å². The predicted octanol–water partition coefficient (Wildman–Crippen LogP) is 4.15. The van der Waals surface area contributed by atoms with Crippen LogP contribution in [0.1, 0.15) is 21.7 Å². The van der Waals surface area contributed by atoms with Gasteiger partial charge in [-0.15, -0.1) is 0 Å². The SMILES string of the molecule is O=C(O)c1cccnc1N1CCc2onc(-c3cccc4ccccc34)c2C1. The maximum absolute atomic E-state index is 11.6. The van der Waals surface area contributed by atoms with Crippen LogP contribution >= 0.6 is 0 Å². The highest BCUT2D eigenvalue weighted by molar-refractivity contribution is 5.96. The quantitative estimate of drug-likeness (QED) is 0.583. The van der Waals surface area contributed by atoms with Crippen molar-refractivity contribution in [3.63, 3.8) is 0 Å². The second-order valence-electron chi connectivity index (χ2n) is 6.81. The third kappa shape index (κ3) is 2.62. The van der Waals surface area contributed by atoms with E-state index in [1.165, 1.54) is 0 Å². The summed E-state index contributed by atoms with van der Waals surface area (Å²) in [5, 5.41) is 16.1. The van der Waals surface area contributed by atoms with E-state index >= 15 is 0 Å². The van der Waals surface area contributed by atoms with Crippen LogP contribution in [0.3, 0.4) is 0 Å². The van der Waals surface area contributed by atoms with E-state index < -0.39 is 5.97 Å². The van der Waals surface area contributed by atoms with Crippen molar-refractivity contribution in [3.05, 3.63) is 77.7 Å². The van der Waals surface area contributed by atoms with Gasteiger partial charge in [0.25, 0.3) is 0 Å². The second-order valence-corrected chi connectivity index (χ2v) is 6.81. The topological polar surface area (TPSA) is 79.5 Å². The zero-order valence-electron chi connectivity index (χ0n) is 15.0. The minimum Gasteiger partial charge on any atom is -0.478 e. The Bertz CT molecular complexity index is 1190. The molecule has 5 rings (SSSR count). The van der Waals surface area contributed by atoms with Crippen LogP contribution in [-0.4, -0.2) is 27.8 Å². The van der Waals surface area contributed by atoms with Gasteiger partial charge in [-0.25, -0.2) is 9.78 Å². The molecule has 0 amide bonds. The highest BCUT2D eigenvalue weighted by atomic mass is 16.5. The van der Waals surface area contributed by atoms with Crippen LogP contribution in [0.25, 0.3) is 22.0 Å². The summed E-state index contributed by atoms with van der Waals surface area (Å²) in [4.78, 5) is 17.9. The van der Waals surface area contributed by atoms with E-state index in [4.69, 9.17) is 4.52 Å². The third-order valence-corrected chi connectivity index (χ3v) is 5.19. The molecule has 0 spiro atoms. The third-order valence-electron chi connectivity index (χ3n) is 5.19. The first-order valence-electron chi connectivity index (χ1n) is 9.11. The van der Waals surface area contributed by atoms with E-state index in [-0.39, 0.29) is 5.56 Å². The first-order valence-corrected chi connectivity index (χ1v) is 9.11. The number of carboxylic acid groups (broad SMARTS) is 1. The van der Waals surface area contributed by atoms with Crippen molar-refractivity contribution < 1.29 is 14.4 Å². The summed E-state index contributed by atoms with van der Waals surface area (Å²) in [7, 11) is 0. The van der Waals surface area contributed by atoms with Crippen molar-refractivity contribution in [3.8, 4) is 11.3 Å². The molecule has 0 saturated carbocycles. The molecule has 3 heterocycles. The molecule has 6 heteroatoms. The fraction of sp³-hybridized carbons (Fsp3) is 0.136. The van der Waals surface area contributed by atoms with E-state index in [2.05, 4.69) is 28.3 Å². The Morgan fingerprint density at radius 2 is 1.93 bits per heavy atom. The molecule has 0 saturated heterocycles. The first kappa shape index (κ1) is 16.5. The molecule has 2 aromatic carbocycles. The lowest BCUT2D eigenvalue weighted by molar-refractivity contribution is 0.0697. The molecule has 1 aliphatic heterocycles. The lowest BCUT2D eigenvalue weighted by Gasteiger charge is -2.28. The van der Waals surface area contributed by atoms with Gasteiger partial charge in [0.1, 0.15) is 22.8 Å². The Kier molecular flexibility index (Phi) is 3.83. The molecule has 6 nitrogen and oxygen atoms in total. The summed E-state index contributed by atoms with van der Waals surface area (Å²) < 4.78 is 5.64. The van der Waals surface area contributed by atoms with Gasteiger partial charge in [0.05, 0.1) is 6.54 Å². The van der Waals surface area contributed by atoms with E-state index in [0.717, 1.165) is 33.4 Å². The highest BCUT2D eigenvalue weighted by Crippen LogP contribution is 2.35. The van der Waals surface area contributed by atoms with Crippen LogP contribution in [0.2, 0.25) is 0 Å². The van der Waals surface area contributed by atoms with Crippen LogP contribution in [0.15, 0.2) is 65.3 Å². The summed E-state index contributed by atoms with van der Waals surface area (Å²) in [5.74, 6) is 0.353. The summed E-state index contributed by atoms with van der Waals surface area (Å²) in [6.07, 6.45) is 2.28. The number of aromatic nitrogens is 2. The van der Waals surface area contributed by atoms with Gasteiger partial charge in [-0.05, 0) is 22.9 Å². The molecule has 1 aliphatic rings. The average Bonchev–Trinajstić information content (AvgIpc) is 3.16. The van der Waals surface area contributed by atoms with E-state index in [9.17, 15) is 9.90 Å². The minimum atomic E-state index is -0.978. The molecule has 0 unspecified atom stereocenters. The number of rotatable bonds is 3. The number of anilines is 1. The van der Waals surface area contributed by atoms with Gasteiger partial charge < -0.3 is 14.5 Å². The Hall–Kier alpha value is -3.67. The zero-order valence-corrected chi connectivity index (χ0v) is 15.0. The van der Waals surface area contributed by atoms with Crippen molar-refractivity contribution in [2.24, 2.45) is 0 Å². The summed E-state index contributed by atoms with van der Waals surface area (Å²) >= 11 is 0. The average molecular weight is 371 g/mol. The molecule has 0 atom stereocenters. The summed E-state index contributed by atoms with van der Waals surface area (Å²) in [6.45, 7) is 1.14. The molecular weight excluding hydrogens is 354 g/mol. The number of hydrogen-bond acceptors (Lipinski definition) is 5. The molecular formula is C22H17N3O3. The van der Waals surface area contributed by atoms with Crippen molar-refractivity contribution in [2.75, 3.05) is 11.4 Å². The Labute approximate surface area is 161 Å². The van der Waals surface area contributed by atoms with Gasteiger partial charge in [-0.1, -0.05) is 47.6 Å². The van der Waals surface area contributed by atoms with E-state index in [1.807, 2.05) is 29.2 Å². The smallest absolute Gasteiger partial charge is 0.339 e. The summed E-state index contributed by atoms with van der Waals surface area (Å²) in [5.41, 5.74) is 3.02. The van der Waals surface area contributed by atoms with Crippen LogP contribution in [0, 0.1) is 0 Å². The van der Waals surface area contributed by atoms with Crippen molar-refractivity contribution in [2.45, 2.75) is 13.0 Å². The molecule has 4 aromatic rings. The number of hydrogen-bond donors (Lipinski definition) is 1. The molecule has 0 bridgehead atoms. The molecule has 138 valence electrons. The van der Waals surface area contributed by atoms with Crippen LogP contribution in [0.5, 0.6) is 0 Å². The number of fused-ring (bicyclic) bond motifs is 2. The van der Waals surface area contributed by atoms with E-state index in [0.29, 0.717) is 25.3 Å². The van der Waals surface area contributed by atoms with Crippen molar-refractivity contribution in [1.82, 2.24) is 10.1 Å². The highest BCUT2D eigenvalue weighted by Gasteiger charge is 2.28. The van der Waals surface area contributed by atoms with Crippen molar-refractivity contribution in [1.29, 1.82) is 0 Å². The number of pyridine rings is 1. The Morgan fingerprint density at radius 3 is 2.82 bits per heavy atom. The van der Waals surface area contributed by atoms with Gasteiger partial charge in [0.15, 0.2) is 0 Å². The van der Waals surface area contributed by atoms with Gasteiger partial charge in [-0.3, -0.25) is 0 Å². The van der Waals surface area contributed by atoms with Crippen molar-refractivity contribution >= 4 is 22.6 Å². The number of nitrogens with zero attached hydrogens (tertiary/aromatic N) is 3. The molecule has 28 heavy (non-hydrogen) atoms. The standard InChI is InChI=1S/C22H17N3O3/c26-22(27)17-9-4-11-23-21(17)25-12-10-19-18(13-25)20(24-28-19)16-8-3-6-14-5-1-2-7-15(14)16/h1-9,11H,10,12-13H2,(H,26,27). The predicted molar refractivity (Wildman–Crippen MR) is 105 cm³/mol. The zero-order chi connectivity index (χ0) is 19.1. The number of carboxylic acids is 1. The second kappa shape index (κ2) is 6.49. The largest absolute Gasteiger partial charge is 0.478 e. The fourth-order valence-electron chi connectivity index (χ4n) is 3.85. The molecule has 0 radical (unpaired) electrons. The Morgan fingerprint density at radius 1 is 1.07 bits per heavy atom. The maximum atomic E-state index is 11.6. The van der Waals surface area contributed by atoms with Crippen LogP contribution in [0.4, 0.5) is 5.82 Å². The van der Waals surface area contributed by atoms with Gasteiger partial charge in [0, 0.05) is 30.3 Å².